The minimum absolute atomic E-state index is 0.00849. The molecule has 10 heteroatoms. The summed E-state index contributed by atoms with van der Waals surface area (Å²) in [5.74, 6) is -2.22. The van der Waals surface area contributed by atoms with Crippen molar-refractivity contribution in [2.24, 2.45) is 0 Å². The number of benzene rings is 1. The lowest BCUT2D eigenvalue weighted by Crippen LogP contribution is -2.38. The first-order valence-electron chi connectivity index (χ1n) is 10.5. The average Bonchev–Trinajstić information content (AvgIpc) is 3.60. The minimum Gasteiger partial charge on any atom is -0.505 e. The van der Waals surface area contributed by atoms with Crippen molar-refractivity contribution in [3.8, 4) is 5.75 Å². The fourth-order valence-electron chi connectivity index (χ4n) is 3.55. The van der Waals surface area contributed by atoms with E-state index in [0.29, 0.717) is 12.0 Å². The second-order valence-corrected chi connectivity index (χ2v) is 7.95. The molecule has 33 heavy (non-hydrogen) atoms. The zero-order valence-corrected chi connectivity index (χ0v) is 17.7. The van der Waals surface area contributed by atoms with Crippen molar-refractivity contribution in [2.75, 3.05) is 13.2 Å². The molecule has 9 nitrogen and oxygen atoms in total. The molecule has 0 bridgehead atoms. The standard InChI is InChI=1S/C23H23FN4O5/c24-15-3-1-13(2-4-15)9-14-10-17-20(26-11-14)21(31)19(22(32)25-7-8-29)23(33)28(17)12-18(30)27-16-5-6-16/h1-4,10-11,16,29,31H,5-9,12H2,(H,25,32)(H,27,30). The van der Waals surface area contributed by atoms with E-state index in [-0.39, 0.29) is 42.6 Å². The summed E-state index contributed by atoms with van der Waals surface area (Å²) in [6.45, 7) is -0.806. The van der Waals surface area contributed by atoms with Gasteiger partial charge in [-0.3, -0.25) is 23.9 Å². The first-order chi connectivity index (χ1) is 15.9. The van der Waals surface area contributed by atoms with Gasteiger partial charge < -0.3 is 20.8 Å². The maximum Gasteiger partial charge on any atom is 0.268 e. The van der Waals surface area contributed by atoms with E-state index in [2.05, 4.69) is 15.6 Å². The van der Waals surface area contributed by atoms with Crippen LogP contribution in [0.2, 0.25) is 0 Å². The van der Waals surface area contributed by atoms with Crippen molar-refractivity contribution in [1.82, 2.24) is 20.2 Å². The molecule has 2 amide bonds. The predicted molar refractivity (Wildman–Crippen MR) is 117 cm³/mol. The molecule has 1 saturated carbocycles. The summed E-state index contributed by atoms with van der Waals surface area (Å²) in [5.41, 5.74) is 0.271. The quantitative estimate of drug-likeness (QED) is 0.399. The molecule has 1 fully saturated rings. The van der Waals surface area contributed by atoms with Gasteiger partial charge in [0.1, 0.15) is 23.4 Å². The molecule has 0 saturated heterocycles. The lowest BCUT2D eigenvalue weighted by atomic mass is 10.1. The maximum absolute atomic E-state index is 13.2. The smallest absolute Gasteiger partial charge is 0.268 e. The second-order valence-electron chi connectivity index (χ2n) is 7.95. The fourth-order valence-corrected chi connectivity index (χ4v) is 3.55. The number of hydrogen-bond acceptors (Lipinski definition) is 6. The summed E-state index contributed by atoms with van der Waals surface area (Å²) in [7, 11) is 0. The third kappa shape index (κ3) is 5.01. The normalized spacial score (nSPS) is 13.2. The van der Waals surface area contributed by atoms with Crippen molar-refractivity contribution in [2.45, 2.75) is 31.8 Å². The Morgan fingerprint density at radius 2 is 1.91 bits per heavy atom. The molecule has 4 N–H and O–H groups in total. The summed E-state index contributed by atoms with van der Waals surface area (Å²) in [5, 5.41) is 24.8. The average molecular weight is 454 g/mol. The third-order valence-corrected chi connectivity index (χ3v) is 5.33. The number of aliphatic hydroxyl groups excluding tert-OH is 1. The van der Waals surface area contributed by atoms with Gasteiger partial charge in [0, 0.05) is 18.8 Å². The van der Waals surface area contributed by atoms with Crippen LogP contribution in [0.25, 0.3) is 11.0 Å². The number of aromatic hydroxyl groups is 1. The molecule has 1 aliphatic rings. The number of amides is 2. The van der Waals surface area contributed by atoms with Gasteiger partial charge in [-0.2, -0.15) is 0 Å². The van der Waals surface area contributed by atoms with Gasteiger partial charge in [0.05, 0.1) is 12.1 Å². The summed E-state index contributed by atoms with van der Waals surface area (Å²) in [6, 6.07) is 7.63. The van der Waals surface area contributed by atoms with E-state index in [1.165, 1.54) is 18.3 Å². The van der Waals surface area contributed by atoms with Crippen LogP contribution >= 0.6 is 0 Å². The lowest BCUT2D eigenvalue weighted by molar-refractivity contribution is -0.121. The van der Waals surface area contributed by atoms with Crippen LogP contribution in [0.15, 0.2) is 41.3 Å². The highest BCUT2D eigenvalue weighted by Gasteiger charge is 2.26. The van der Waals surface area contributed by atoms with E-state index in [0.717, 1.165) is 23.0 Å². The predicted octanol–water partition coefficient (Wildman–Crippen LogP) is 0.833. The van der Waals surface area contributed by atoms with Gasteiger partial charge >= 0.3 is 0 Å². The van der Waals surface area contributed by atoms with Crippen molar-refractivity contribution in [1.29, 1.82) is 0 Å². The van der Waals surface area contributed by atoms with E-state index in [1.54, 1.807) is 18.2 Å². The molecule has 1 aliphatic carbocycles. The van der Waals surface area contributed by atoms with Crippen LogP contribution < -0.4 is 16.2 Å². The number of halogens is 1. The van der Waals surface area contributed by atoms with Crippen molar-refractivity contribution < 1.29 is 24.2 Å². The summed E-state index contributed by atoms with van der Waals surface area (Å²) < 4.78 is 14.3. The maximum atomic E-state index is 13.2. The van der Waals surface area contributed by atoms with Gasteiger partial charge in [0.25, 0.3) is 11.5 Å². The number of hydrogen-bond donors (Lipinski definition) is 4. The third-order valence-electron chi connectivity index (χ3n) is 5.33. The summed E-state index contributed by atoms with van der Waals surface area (Å²) in [6.07, 6.45) is 3.61. The van der Waals surface area contributed by atoms with Crippen LogP contribution in [0, 0.1) is 5.82 Å². The van der Waals surface area contributed by atoms with E-state index < -0.39 is 28.7 Å². The molecule has 172 valence electrons. The van der Waals surface area contributed by atoms with E-state index in [4.69, 9.17) is 5.11 Å². The van der Waals surface area contributed by atoms with Crippen LogP contribution in [0.1, 0.15) is 34.3 Å². The fraction of sp³-hybridized carbons (Fsp3) is 0.304. The van der Waals surface area contributed by atoms with Gasteiger partial charge in [-0.25, -0.2) is 4.39 Å². The Kier molecular flexibility index (Phi) is 6.36. The lowest BCUT2D eigenvalue weighted by Gasteiger charge is -2.15. The SMILES string of the molecule is O=C(Cn1c(=O)c(C(=O)NCCO)c(O)c2ncc(Cc3ccc(F)cc3)cc21)NC1CC1. The van der Waals surface area contributed by atoms with Crippen LogP contribution in [0.4, 0.5) is 4.39 Å². The van der Waals surface area contributed by atoms with Crippen molar-refractivity contribution >= 4 is 22.8 Å². The molecule has 0 unspecified atom stereocenters. The van der Waals surface area contributed by atoms with E-state index in [9.17, 15) is 23.9 Å². The number of nitrogens with zero attached hydrogens (tertiary/aromatic N) is 2. The van der Waals surface area contributed by atoms with Crippen LogP contribution in [0.3, 0.4) is 0 Å². The number of nitrogens with one attached hydrogen (secondary N) is 2. The van der Waals surface area contributed by atoms with Crippen LogP contribution in [-0.2, 0) is 17.8 Å². The molecule has 2 heterocycles. The number of fused-ring (bicyclic) bond motifs is 1. The first kappa shape index (κ1) is 22.4. The van der Waals surface area contributed by atoms with Crippen LogP contribution in [-0.4, -0.2) is 50.8 Å². The molecule has 4 rings (SSSR count). The Bertz CT molecular complexity index is 1270. The number of carbonyl (C=O) groups is 2. The van der Waals surface area contributed by atoms with Gasteiger partial charge in [0.15, 0.2) is 5.75 Å². The number of pyridine rings is 2. The molecule has 0 radical (unpaired) electrons. The Labute approximate surface area is 187 Å². The number of rotatable bonds is 8. The zero-order valence-electron chi connectivity index (χ0n) is 17.7. The van der Waals surface area contributed by atoms with Crippen LogP contribution in [0.5, 0.6) is 5.75 Å². The molecule has 0 spiro atoms. The molecular formula is C23H23FN4O5. The Balaban J connectivity index is 1.79. The topological polar surface area (TPSA) is 134 Å². The van der Waals surface area contributed by atoms with Gasteiger partial charge in [0.2, 0.25) is 5.91 Å². The highest BCUT2D eigenvalue weighted by atomic mass is 19.1. The van der Waals surface area contributed by atoms with Crippen molar-refractivity contribution in [3.05, 3.63) is 69.4 Å². The highest BCUT2D eigenvalue weighted by molar-refractivity contribution is 6.01. The molecule has 0 atom stereocenters. The molecular weight excluding hydrogens is 431 g/mol. The second kappa shape index (κ2) is 9.37. The van der Waals surface area contributed by atoms with Gasteiger partial charge in [-0.15, -0.1) is 0 Å². The largest absolute Gasteiger partial charge is 0.505 e. The zero-order chi connectivity index (χ0) is 23.5. The first-order valence-corrected chi connectivity index (χ1v) is 10.5. The van der Waals surface area contributed by atoms with E-state index >= 15 is 0 Å². The number of aromatic nitrogens is 2. The number of aliphatic hydroxyl groups is 1. The Morgan fingerprint density at radius 3 is 2.58 bits per heavy atom. The molecule has 3 aromatic rings. The minimum atomic E-state index is -0.873. The van der Waals surface area contributed by atoms with Gasteiger partial charge in [-0.1, -0.05) is 12.1 Å². The highest BCUT2D eigenvalue weighted by Crippen LogP contribution is 2.26. The molecule has 2 aromatic heterocycles. The summed E-state index contributed by atoms with van der Waals surface area (Å²) >= 11 is 0. The number of carbonyl (C=O) groups excluding carboxylic acids is 2. The van der Waals surface area contributed by atoms with Crippen molar-refractivity contribution in [3.63, 3.8) is 0 Å². The molecule has 1 aromatic carbocycles. The Morgan fingerprint density at radius 1 is 1.18 bits per heavy atom. The Hall–Kier alpha value is -3.79. The molecule has 0 aliphatic heterocycles. The summed E-state index contributed by atoms with van der Waals surface area (Å²) in [4.78, 5) is 42.4. The van der Waals surface area contributed by atoms with Gasteiger partial charge in [-0.05, 0) is 48.6 Å². The monoisotopic (exact) mass is 454 g/mol. The van der Waals surface area contributed by atoms with E-state index in [1.807, 2.05) is 0 Å².